The van der Waals surface area contributed by atoms with Crippen molar-refractivity contribution in [3.8, 4) is 0 Å². The maximum absolute atomic E-state index is 10.3. The predicted octanol–water partition coefficient (Wildman–Crippen LogP) is 0.430. The lowest BCUT2D eigenvalue weighted by molar-refractivity contribution is -0.131. The third-order valence-corrected chi connectivity index (χ3v) is 2.40. The molecule has 4 heteroatoms. The van der Waals surface area contributed by atoms with E-state index in [1.165, 1.54) is 6.20 Å². The predicted molar refractivity (Wildman–Crippen MR) is 48.2 cm³/mol. The van der Waals surface area contributed by atoms with E-state index in [4.69, 9.17) is 5.11 Å². The topological polar surface area (TPSA) is 60.8 Å². The van der Waals surface area contributed by atoms with Crippen molar-refractivity contribution in [1.29, 1.82) is 0 Å². The van der Waals surface area contributed by atoms with E-state index in [0.29, 0.717) is 0 Å². The maximum atomic E-state index is 10.3. The van der Waals surface area contributed by atoms with Crippen molar-refractivity contribution in [3.63, 3.8) is 0 Å². The molecule has 13 heavy (non-hydrogen) atoms. The Labute approximate surface area is 77.5 Å². The van der Waals surface area contributed by atoms with Crippen LogP contribution >= 0.6 is 0 Å². The summed E-state index contributed by atoms with van der Waals surface area (Å²) in [5.74, 6) is -0.952. The summed E-state index contributed by atoms with van der Waals surface area (Å²) in [6.07, 6.45) is 4.02. The van der Waals surface area contributed by atoms with Gasteiger partial charge in [-0.05, 0) is 19.8 Å². The number of hydrogen-bond donors (Lipinski definition) is 2. The molecule has 0 radical (unpaired) electrons. The lowest BCUT2D eigenvalue weighted by atomic mass is 10.0. The van der Waals surface area contributed by atoms with Crippen molar-refractivity contribution in [3.05, 3.63) is 12.3 Å². The number of piperidine rings is 1. The van der Waals surface area contributed by atoms with Crippen molar-refractivity contribution in [1.82, 2.24) is 4.90 Å². The summed E-state index contributed by atoms with van der Waals surface area (Å²) >= 11 is 0. The number of carbonyl (C=O) groups is 1. The van der Waals surface area contributed by atoms with Gasteiger partial charge in [0, 0.05) is 18.8 Å². The molecule has 0 bridgehead atoms. The Kier molecular flexibility index (Phi) is 3.31. The highest BCUT2D eigenvalue weighted by atomic mass is 16.4. The standard InChI is InChI=1S/C9H15NO3/c1-7-8(11)3-2-5-10(7)6-4-9(12)13/h4,6-8,11H,2-3,5H2,1H3,(H,12,13)/b6-4+. The first-order valence-electron chi connectivity index (χ1n) is 4.46. The van der Waals surface area contributed by atoms with Crippen LogP contribution in [0.25, 0.3) is 0 Å². The van der Waals surface area contributed by atoms with Gasteiger partial charge in [-0.25, -0.2) is 4.79 Å². The molecule has 1 saturated heterocycles. The zero-order chi connectivity index (χ0) is 9.84. The molecule has 0 spiro atoms. The number of aliphatic hydroxyl groups is 1. The highest BCUT2D eigenvalue weighted by Crippen LogP contribution is 2.17. The summed E-state index contributed by atoms with van der Waals surface area (Å²) in [7, 11) is 0. The van der Waals surface area contributed by atoms with Crippen molar-refractivity contribution in [2.24, 2.45) is 0 Å². The van der Waals surface area contributed by atoms with Crippen LogP contribution in [0.2, 0.25) is 0 Å². The number of aliphatic hydroxyl groups excluding tert-OH is 1. The summed E-state index contributed by atoms with van der Waals surface area (Å²) in [4.78, 5) is 12.1. The summed E-state index contributed by atoms with van der Waals surface area (Å²) < 4.78 is 0. The molecule has 0 aromatic carbocycles. The molecule has 2 N–H and O–H groups in total. The number of nitrogens with zero attached hydrogens (tertiary/aromatic N) is 1. The summed E-state index contributed by atoms with van der Waals surface area (Å²) in [5, 5.41) is 17.9. The smallest absolute Gasteiger partial charge is 0.329 e. The highest BCUT2D eigenvalue weighted by Gasteiger charge is 2.23. The van der Waals surface area contributed by atoms with E-state index in [9.17, 15) is 9.90 Å². The Morgan fingerprint density at radius 3 is 2.92 bits per heavy atom. The van der Waals surface area contributed by atoms with Crippen LogP contribution in [0, 0.1) is 0 Å². The quantitative estimate of drug-likeness (QED) is 0.612. The van der Waals surface area contributed by atoms with Crippen LogP contribution in [-0.4, -0.2) is 39.8 Å². The van der Waals surface area contributed by atoms with Crippen LogP contribution < -0.4 is 0 Å². The van der Waals surface area contributed by atoms with Gasteiger partial charge in [-0.3, -0.25) is 0 Å². The number of hydrogen-bond acceptors (Lipinski definition) is 3. The Morgan fingerprint density at radius 2 is 2.31 bits per heavy atom. The first-order chi connectivity index (χ1) is 6.11. The van der Waals surface area contributed by atoms with Gasteiger partial charge in [-0.15, -0.1) is 0 Å². The first-order valence-corrected chi connectivity index (χ1v) is 4.46. The van der Waals surface area contributed by atoms with E-state index < -0.39 is 5.97 Å². The Balaban J connectivity index is 2.53. The van der Waals surface area contributed by atoms with Crippen LogP contribution in [0.5, 0.6) is 0 Å². The lowest BCUT2D eigenvalue weighted by Gasteiger charge is -2.35. The molecule has 0 aromatic heterocycles. The fraction of sp³-hybridized carbons (Fsp3) is 0.667. The molecule has 2 atom stereocenters. The van der Waals surface area contributed by atoms with Gasteiger partial charge in [0.25, 0.3) is 0 Å². The minimum Gasteiger partial charge on any atom is -0.478 e. The largest absolute Gasteiger partial charge is 0.478 e. The number of carboxylic acid groups (broad SMARTS) is 1. The molecule has 0 aliphatic carbocycles. The highest BCUT2D eigenvalue weighted by molar-refractivity contribution is 5.79. The second-order valence-corrected chi connectivity index (χ2v) is 3.34. The van der Waals surface area contributed by atoms with E-state index >= 15 is 0 Å². The third-order valence-electron chi connectivity index (χ3n) is 2.40. The molecule has 2 unspecified atom stereocenters. The summed E-state index contributed by atoms with van der Waals surface area (Å²) in [5.41, 5.74) is 0. The number of rotatable bonds is 2. The normalized spacial score (nSPS) is 29.5. The van der Waals surface area contributed by atoms with E-state index in [2.05, 4.69) is 0 Å². The molecule has 0 amide bonds. The van der Waals surface area contributed by atoms with Crippen molar-refractivity contribution >= 4 is 5.97 Å². The van der Waals surface area contributed by atoms with E-state index in [1.54, 1.807) is 0 Å². The first kappa shape index (κ1) is 10.1. The molecule has 1 rings (SSSR count). The molecular formula is C9H15NO3. The van der Waals surface area contributed by atoms with Gasteiger partial charge in [-0.2, -0.15) is 0 Å². The molecule has 1 fully saturated rings. The minimum atomic E-state index is -0.952. The van der Waals surface area contributed by atoms with Crippen molar-refractivity contribution in [2.75, 3.05) is 6.54 Å². The number of likely N-dealkylation sites (tertiary alicyclic amines) is 1. The van der Waals surface area contributed by atoms with Crippen LogP contribution in [0.1, 0.15) is 19.8 Å². The van der Waals surface area contributed by atoms with E-state index in [0.717, 1.165) is 25.5 Å². The lowest BCUT2D eigenvalue weighted by Crippen LogP contribution is -2.43. The van der Waals surface area contributed by atoms with Gasteiger partial charge in [0.15, 0.2) is 0 Å². The molecule has 4 nitrogen and oxygen atoms in total. The molecule has 0 aromatic rings. The Morgan fingerprint density at radius 1 is 1.62 bits per heavy atom. The average Bonchev–Trinajstić information content (AvgIpc) is 2.07. The van der Waals surface area contributed by atoms with Gasteiger partial charge in [0.1, 0.15) is 0 Å². The fourth-order valence-corrected chi connectivity index (χ4v) is 1.52. The molecule has 1 heterocycles. The molecular weight excluding hydrogens is 170 g/mol. The zero-order valence-corrected chi connectivity index (χ0v) is 7.68. The average molecular weight is 185 g/mol. The van der Waals surface area contributed by atoms with E-state index in [1.807, 2.05) is 11.8 Å². The van der Waals surface area contributed by atoms with Gasteiger partial charge in [0.05, 0.1) is 12.1 Å². The van der Waals surface area contributed by atoms with Crippen LogP contribution in [0.3, 0.4) is 0 Å². The van der Waals surface area contributed by atoms with Gasteiger partial charge < -0.3 is 15.1 Å². The maximum Gasteiger partial charge on any atom is 0.329 e. The Bertz CT molecular complexity index is 215. The summed E-state index contributed by atoms with van der Waals surface area (Å²) in [6, 6.07) is 0.0179. The number of carboxylic acids is 1. The van der Waals surface area contributed by atoms with E-state index in [-0.39, 0.29) is 12.1 Å². The van der Waals surface area contributed by atoms with Crippen LogP contribution in [0.15, 0.2) is 12.3 Å². The third kappa shape index (κ3) is 2.73. The molecule has 74 valence electrons. The Hall–Kier alpha value is -1.03. The van der Waals surface area contributed by atoms with Crippen LogP contribution in [-0.2, 0) is 4.79 Å². The second kappa shape index (κ2) is 4.28. The van der Waals surface area contributed by atoms with Gasteiger partial charge in [-0.1, -0.05) is 0 Å². The monoisotopic (exact) mass is 185 g/mol. The van der Waals surface area contributed by atoms with Crippen molar-refractivity contribution in [2.45, 2.75) is 31.9 Å². The van der Waals surface area contributed by atoms with Crippen LogP contribution in [0.4, 0.5) is 0 Å². The second-order valence-electron chi connectivity index (χ2n) is 3.34. The zero-order valence-electron chi connectivity index (χ0n) is 7.68. The minimum absolute atomic E-state index is 0.0179. The number of aliphatic carboxylic acids is 1. The van der Waals surface area contributed by atoms with Gasteiger partial charge >= 0.3 is 5.97 Å². The summed E-state index contributed by atoms with van der Waals surface area (Å²) in [6.45, 7) is 2.72. The fourth-order valence-electron chi connectivity index (χ4n) is 1.52. The molecule has 1 aliphatic heterocycles. The molecule has 0 saturated carbocycles. The van der Waals surface area contributed by atoms with Gasteiger partial charge in [0.2, 0.25) is 0 Å². The molecule has 1 aliphatic rings. The van der Waals surface area contributed by atoms with Crippen molar-refractivity contribution < 1.29 is 15.0 Å². The SMILES string of the molecule is CC1C(O)CCCN1/C=C/C(=O)O.